The molecule has 0 aromatic carbocycles. The van der Waals surface area contributed by atoms with Gasteiger partial charge in [0, 0.05) is 23.6 Å². The van der Waals surface area contributed by atoms with Gasteiger partial charge in [-0.3, -0.25) is 5.10 Å². The highest BCUT2D eigenvalue weighted by Gasteiger charge is 1.96. The van der Waals surface area contributed by atoms with Crippen molar-refractivity contribution in [3.8, 4) is 0 Å². The van der Waals surface area contributed by atoms with Gasteiger partial charge >= 0.3 is 0 Å². The summed E-state index contributed by atoms with van der Waals surface area (Å²) in [7, 11) is 0. The van der Waals surface area contributed by atoms with E-state index in [2.05, 4.69) is 41.4 Å². The number of nitrogens with one attached hydrogen (secondary N) is 2. The molecule has 2 N–H and O–H groups in total. The maximum atomic E-state index is 4.22. The van der Waals surface area contributed by atoms with E-state index in [9.17, 15) is 0 Å². The topological polar surface area (TPSA) is 66.5 Å². The summed E-state index contributed by atoms with van der Waals surface area (Å²) in [5.41, 5.74) is 0. The molecule has 0 radical (unpaired) electrons. The van der Waals surface area contributed by atoms with E-state index in [1.165, 1.54) is 6.33 Å². The maximum absolute atomic E-state index is 4.22. The molecule has 0 saturated heterocycles. The lowest BCUT2D eigenvalue weighted by Gasteiger charge is -2.04. The lowest BCUT2D eigenvalue weighted by Crippen LogP contribution is -2.04. The standard InChI is InChI=1S/C10H12BrN5/c11-8-3-4-9(13-6-8)12-5-1-2-10-14-7-15-16-10/h3-4,6-7H,1-2,5H2,(H,12,13)(H,14,15,16). The number of hydrogen-bond donors (Lipinski definition) is 2. The van der Waals surface area contributed by atoms with Crippen LogP contribution < -0.4 is 5.32 Å². The van der Waals surface area contributed by atoms with Crippen LogP contribution in [-0.4, -0.2) is 26.7 Å². The monoisotopic (exact) mass is 281 g/mol. The molecular formula is C10H12BrN5. The molecule has 0 unspecified atom stereocenters. The van der Waals surface area contributed by atoms with E-state index in [4.69, 9.17) is 0 Å². The van der Waals surface area contributed by atoms with Crippen LogP contribution in [0.15, 0.2) is 29.1 Å². The molecule has 0 fully saturated rings. The average molecular weight is 282 g/mol. The number of aromatic nitrogens is 4. The molecule has 0 aliphatic rings. The van der Waals surface area contributed by atoms with E-state index < -0.39 is 0 Å². The van der Waals surface area contributed by atoms with Gasteiger partial charge in [-0.2, -0.15) is 5.10 Å². The quantitative estimate of drug-likeness (QED) is 0.823. The molecular weight excluding hydrogens is 270 g/mol. The molecule has 84 valence electrons. The van der Waals surface area contributed by atoms with Gasteiger partial charge in [-0.25, -0.2) is 9.97 Å². The lowest BCUT2D eigenvalue weighted by molar-refractivity contribution is 0.803. The first-order valence-corrected chi connectivity index (χ1v) is 5.83. The maximum Gasteiger partial charge on any atom is 0.137 e. The van der Waals surface area contributed by atoms with E-state index in [-0.39, 0.29) is 0 Å². The Labute approximate surface area is 102 Å². The fourth-order valence-electron chi connectivity index (χ4n) is 1.30. The summed E-state index contributed by atoms with van der Waals surface area (Å²) >= 11 is 3.34. The molecule has 0 aliphatic heterocycles. The van der Waals surface area contributed by atoms with Gasteiger partial charge < -0.3 is 5.32 Å². The number of anilines is 1. The Balaban J connectivity index is 1.70. The molecule has 2 heterocycles. The summed E-state index contributed by atoms with van der Waals surface area (Å²) in [4.78, 5) is 8.28. The first kappa shape index (κ1) is 11.1. The Morgan fingerprint density at radius 2 is 2.25 bits per heavy atom. The summed E-state index contributed by atoms with van der Waals surface area (Å²) < 4.78 is 0.986. The molecule has 0 saturated carbocycles. The molecule has 16 heavy (non-hydrogen) atoms. The number of H-pyrrole nitrogens is 1. The number of aryl methyl sites for hydroxylation is 1. The number of pyridine rings is 1. The molecule has 5 nitrogen and oxygen atoms in total. The number of hydrogen-bond acceptors (Lipinski definition) is 4. The Kier molecular flexibility index (Phi) is 3.87. The van der Waals surface area contributed by atoms with Gasteiger partial charge in [0.05, 0.1) is 0 Å². The Morgan fingerprint density at radius 3 is 2.94 bits per heavy atom. The normalized spacial score (nSPS) is 10.3. The van der Waals surface area contributed by atoms with Crippen molar-refractivity contribution in [1.82, 2.24) is 20.2 Å². The zero-order valence-corrected chi connectivity index (χ0v) is 10.2. The van der Waals surface area contributed by atoms with Gasteiger partial charge in [0.15, 0.2) is 0 Å². The van der Waals surface area contributed by atoms with Crippen LogP contribution in [-0.2, 0) is 6.42 Å². The SMILES string of the molecule is Brc1ccc(NCCCc2ncn[nH]2)nc1. The highest BCUT2D eigenvalue weighted by Crippen LogP contribution is 2.10. The van der Waals surface area contributed by atoms with Gasteiger partial charge in [0.1, 0.15) is 18.0 Å². The summed E-state index contributed by atoms with van der Waals surface area (Å²) in [5, 5.41) is 9.87. The third kappa shape index (κ3) is 3.30. The fraction of sp³-hybridized carbons (Fsp3) is 0.300. The lowest BCUT2D eigenvalue weighted by atomic mass is 10.3. The Morgan fingerprint density at radius 1 is 1.31 bits per heavy atom. The second-order valence-corrected chi connectivity index (χ2v) is 4.24. The smallest absolute Gasteiger partial charge is 0.137 e. The molecule has 2 rings (SSSR count). The van der Waals surface area contributed by atoms with Gasteiger partial charge in [0.25, 0.3) is 0 Å². The number of halogens is 1. The van der Waals surface area contributed by atoms with Crippen molar-refractivity contribution in [1.29, 1.82) is 0 Å². The number of nitrogens with zero attached hydrogens (tertiary/aromatic N) is 3. The van der Waals surface area contributed by atoms with E-state index in [0.717, 1.165) is 35.5 Å². The minimum atomic E-state index is 0.870. The zero-order valence-electron chi connectivity index (χ0n) is 8.65. The average Bonchev–Trinajstić information content (AvgIpc) is 2.80. The van der Waals surface area contributed by atoms with Crippen molar-refractivity contribution >= 4 is 21.7 Å². The summed E-state index contributed by atoms with van der Waals surface area (Å²) in [6.07, 6.45) is 5.19. The van der Waals surface area contributed by atoms with Gasteiger partial charge in [-0.15, -0.1) is 0 Å². The van der Waals surface area contributed by atoms with E-state index in [1.54, 1.807) is 6.20 Å². The van der Waals surface area contributed by atoms with Gasteiger partial charge in [-0.1, -0.05) is 0 Å². The predicted molar refractivity (Wildman–Crippen MR) is 65.1 cm³/mol. The van der Waals surface area contributed by atoms with E-state index in [0.29, 0.717) is 0 Å². The van der Waals surface area contributed by atoms with Crippen LogP contribution in [0.25, 0.3) is 0 Å². The summed E-state index contributed by atoms with van der Waals surface area (Å²) in [6, 6.07) is 3.91. The van der Waals surface area contributed by atoms with Crippen LogP contribution in [0.5, 0.6) is 0 Å². The first-order chi connectivity index (χ1) is 7.84. The van der Waals surface area contributed by atoms with Crippen molar-refractivity contribution in [2.45, 2.75) is 12.8 Å². The second-order valence-electron chi connectivity index (χ2n) is 3.32. The molecule has 0 atom stereocenters. The van der Waals surface area contributed by atoms with Crippen LogP contribution in [0.2, 0.25) is 0 Å². The van der Waals surface area contributed by atoms with Gasteiger partial charge in [0.2, 0.25) is 0 Å². The second kappa shape index (κ2) is 5.60. The molecule has 0 amide bonds. The van der Waals surface area contributed by atoms with Crippen molar-refractivity contribution < 1.29 is 0 Å². The van der Waals surface area contributed by atoms with Crippen molar-refractivity contribution in [2.24, 2.45) is 0 Å². The molecule has 0 spiro atoms. The minimum Gasteiger partial charge on any atom is -0.370 e. The minimum absolute atomic E-state index is 0.870. The summed E-state index contributed by atoms with van der Waals surface area (Å²) in [6.45, 7) is 0.870. The van der Waals surface area contributed by atoms with E-state index in [1.807, 2.05) is 12.1 Å². The Bertz CT molecular complexity index is 411. The summed E-state index contributed by atoms with van der Waals surface area (Å²) in [5.74, 6) is 1.81. The highest BCUT2D eigenvalue weighted by molar-refractivity contribution is 9.10. The number of rotatable bonds is 5. The molecule has 2 aromatic heterocycles. The van der Waals surface area contributed by atoms with Gasteiger partial charge in [-0.05, 0) is 34.5 Å². The van der Waals surface area contributed by atoms with Crippen LogP contribution >= 0.6 is 15.9 Å². The molecule has 6 heteroatoms. The fourth-order valence-corrected chi connectivity index (χ4v) is 1.54. The van der Waals surface area contributed by atoms with E-state index >= 15 is 0 Å². The molecule has 2 aromatic rings. The van der Waals surface area contributed by atoms with Crippen LogP contribution in [0.4, 0.5) is 5.82 Å². The van der Waals surface area contributed by atoms with Crippen LogP contribution in [0.3, 0.4) is 0 Å². The van der Waals surface area contributed by atoms with Crippen LogP contribution in [0, 0.1) is 0 Å². The highest BCUT2D eigenvalue weighted by atomic mass is 79.9. The van der Waals surface area contributed by atoms with Crippen molar-refractivity contribution in [2.75, 3.05) is 11.9 Å². The largest absolute Gasteiger partial charge is 0.370 e. The van der Waals surface area contributed by atoms with Crippen molar-refractivity contribution in [3.63, 3.8) is 0 Å². The third-order valence-corrected chi connectivity index (χ3v) is 2.56. The predicted octanol–water partition coefficient (Wildman–Crippen LogP) is 2.01. The molecule has 0 aliphatic carbocycles. The van der Waals surface area contributed by atoms with Crippen LogP contribution in [0.1, 0.15) is 12.2 Å². The molecule has 0 bridgehead atoms. The zero-order chi connectivity index (χ0) is 11.2. The first-order valence-electron chi connectivity index (χ1n) is 5.04. The third-order valence-electron chi connectivity index (χ3n) is 2.09. The number of aromatic amines is 1. The Hall–Kier alpha value is -1.43. The van der Waals surface area contributed by atoms with Crippen molar-refractivity contribution in [3.05, 3.63) is 35.0 Å².